The van der Waals surface area contributed by atoms with Crippen molar-refractivity contribution in [1.29, 1.82) is 0 Å². The molecule has 5 nitrogen and oxygen atoms in total. The van der Waals surface area contributed by atoms with E-state index in [2.05, 4.69) is 15.6 Å². The number of aromatic nitrogens is 1. The van der Waals surface area contributed by atoms with Crippen LogP contribution in [0, 0.1) is 0 Å². The minimum Gasteiger partial charge on any atom is -0.396 e. The van der Waals surface area contributed by atoms with Gasteiger partial charge in [0.2, 0.25) is 5.91 Å². The SMILES string of the molecule is CCCC(=O)Nc1ccc(NCCCCCO)nc1. The molecule has 0 bridgehead atoms. The molecule has 0 saturated heterocycles. The zero-order chi connectivity index (χ0) is 13.9. The molecule has 1 heterocycles. The molecule has 0 saturated carbocycles. The Kier molecular flexibility index (Phi) is 7.58. The van der Waals surface area contributed by atoms with Crippen LogP contribution in [0.3, 0.4) is 0 Å². The molecule has 0 aliphatic rings. The second kappa shape index (κ2) is 9.33. The Morgan fingerprint density at radius 1 is 1.32 bits per heavy atom. The normalized spacial score (nSPS) is 10.2. The van der Waals surface area contributed by atoms with Crippen LogP contribution in [0.2, 0.25) is 0 Å². The lowest BCUT2D eigenvalue weighted by Gasteiger charge is -2.07. The molecule has 1 aromatic heterocycles. The number of aliphatic hydroxyl groups is 1. The van der Waals surface area contributed by atoms with Gasteiger partial charge in [0.25, 0.3) is 0 Å². The number of carbonyl (C=O) groups is 1. The molecule has 106 valence electrons. The van der Waals surface area contributed by atoms with Crippen molar-refractivity contribution in [3.63, 3.8) is 0 Å². The van der Waals surface area contributed by atoms with Gasteiger partial charge in [-0.3, -0.25) is 4.79 Å². The lowest BCUT2D eigenvalue weighted by molar-refractivity contribution is -0.116. The average molecular weight is 265 g/mol. The van der Waals surface area contributed by atoms with Crippen LogP contribution >= 0.6 is 0 Å². The number of nitrogens with zero attached hydrogens (tertiary/aromatic N) is 1. The van der Waals surface area contributed by atoms with Crippen molar-refractivity contribution in [3.8, 4) is 0 Å². The van der Waals surface area contributed by atoms with Gasteiger partial charge in [-0.15, -0.1) is 0 Å². The fourth-order valence-electron chi connectivity index (χ4n) is 1.65. The van der Waals surface area contributed by atoms with Crippen molar-refractivity contribution in [3.05, 3.63) is 18.3 Å². The number of rotatable bonds is 9. The van der Waals surface area contributed by atoms with E-state index in [9.17, 15) is 4.79 Å². The van der Waals surface area contributed by atoms with Gasteiger partial charge in [-0.1, -0.05) is 6.92 Å². The van der Waals surface area contributed by atoms with E-state index in [-0.39, 0.29) is 12.5 Å². The second-order valence-electron chi connectivity index (χ2n) is 4.44. The topological polar surface area (TPSA) is 74.2 Å². The summed E-state index contributed by atoms with van der Waals surface area (Å²) in [4.78, 5) is 15.6. The maximum atomic E-state index is 11.4. The van der Waals surface area contributed by atoms with Crippen molar-refractivity contribution in [2.45, 2.75) is 39.0 Å². The smallest absolute Gasteiger partial charge is 0.224 e. The van der Waals surface area contributed by atoms with Crippen molar-refractivity contribution >= 4 is 17.4 Å². The standard InChI is InChI=1S/C14H23N3O2/c1-2-6-14(19)17-12-7-8-13(16-11-12)15-9-4-3-5-10-18/h7-8,11,18H,2-6,9-10H2,1H3,(H,15,16)(H,17,19). The number of aliphatic hydroxyl groups excluding tert-OH is 1. The number of pyridine rings is 1. The first kappa shape index (κ1) is 15.4. The Morgan fingerprint density at radius 2 is 2.16 bits per heavy atom. The lowest BCUT2D eigenvalue weighted by atomic mass is 10.2. The van der Waals surface area contributed by atoms with Crippen LogP contribution < -0.4 is 10.6 Å². The predicted octanol–water partition coefficient (Wildman–Crippen LogP) is 2.39. The first-order chi connectivity index (χ1) is 9.26. The summed E-state index contributed by atoms with van der Waals surface area (Å²) in [7, 11) is 0. The Morgan fingerprint density at radius 3 is 2.79 bits per heavy atom. The quantitative estimate of drug-likeness (QED) is 0.599. The van der Waals surface area contributed by atoms with E-state index < -0.39 is 0 Å². The van der Waals surface area contributed by atoms with Gasteiger partial charge in [-0.2, -0.15) is 0 Å². The number of anilines is 2. The van der Waals surface area contributed by atoms with Crippen LogP contribution in [0.1, 0.15) is 39.0 Å². The number of carbonyl (C=O) groups excluding carboxylic acids is 1. The molecular weight excluding hydrogens is 242 g/mol. The van der Waals surface area contributed by atoms with Gasteiger partial charge in [0.05, 0.1) is 11.9 Å². The number of unbranched alkanes of at least 4 members (excludes halogenated alkanes) is 2. The van der Waals surface area contributed by atoms with E-state index >= 15 is 0 Å². The van der Waals surface area contributed by atoms with E-state index in [0.29, 0.717) is 6.42 Å². The Hall–Kier alpha value is -1.62. The number of hydrogen-bond donors (Lipinski definition) is 3. The van der Waals surface area contributed by atoms with Gasteiger partial charge in [0.1, 0.15) is 5.82 Å². The molecule has 1 aromatic rings. The third-order valence-electron chi connectivity index (χ3n) is 2.67. The van der Waals surface area contributed by atoms with E-state index in [1.807, 2.05) is 19.1 Å². The molecule has 0 aromatic carbocycles. The largest absolute Gasteiger partial charge is 0.396 e. The van der Waals surface area contributed by atoms with E-state index in [4.69, 9.17) is 5.11 Å². The van der Waals surface area contributed by atoms with Crippen molar-refractivity contribution in [2.75, 3.05) is 23.8 Å². The zero-order valence-corrected chi connectivity index (χ0v) is 11.5. The van der Waals surface area contributed by atoms with Gasteiger partial charge < -0.3 is 15.7 Å². The average Bonchev–Trinajstić information content (AvgIpc) is 2.41. The molecule has 0 atom stereocenters. The highest BCUT2D eigenvalue weighted by molar-refractivity contribution is 5.90. The molecule has 0 unspecified atom stereocenters. The van der Waals surface area contributed by atoms with Crippen LogP contribution in [-0.4, -0.2) is 29.1 Å². The highest BCUT2D eigenvalue weighted by Crippen LogP contribution is 2.10. The van der Waals surface area contributed by atoms with Crippen molar-refractivity contribution in [1.82, 2.24) is 4.98 Å². The molecule has 1 rings (SSSR count). The molecule has 5 heteroatoms. The highest BCUT2D eigenvalue weighted by Gasteiger charge is 2.01. The minimum atomic E-state index is 0.0222. The van der Waals surface area contributed by atoms with Gasteiger partial charge in [0.15, 0.2) is 0 Å². The summed E-state index contributed by atoms with van der Waals surface area (Å²) in [6, 6.07) is 3.70. The van der Waals surface area contributed by atoms with Crippen LogP contribution in [0.25, 0.3) is 0 Å². The molecule has 3 N–H and O–H groups in total. The molecule has 1 amide bonds. The molecule has 19 heavy (non-hydrogen) atoms. The fourth-order valence-corrected chi connectivity index (χ4v) is 1.65. The van der Waals surface area contributed by atoms with Crippen LogP contribution in [0.15, 0.2) is 18.3 Å². The number of nitrogens with one attached hydrogen (secondary N) is 2. The lowest BCUT2D eigenvalue weighted by Crippen LogP contribution is -2.11. The first-order valence-corrected chi connectivity index (χ1v) is 6.87. The van der Waals surface area contributed by atoms with Crippen molar-refractivity contribution in [2.24, 2.45) is 0 Å². The van der Waals surface area contributed by atoms with Crippen molar-refractivity contribution < 1.29 is 9.90 Å². The minimum absolute atomic E-state index is 0.0222. The summed E-state index contributed by atoms with van der Waals surface area (Å²) in [5.41, 5.74) is 0.726. The van der Waals surface area contributed by atoms with Gasteiger partial charge >= 0.3 is 0 Å². The third-order valence-corrected chi connectivity index (χ3v) is 2.67. The van der Waals surface area contributed by atoms with Crippen LogP contribution in [-0.2, 0) is 4.79 Å². The summed E-state index contributed by atoms with van der Waals surface area (Å²) in [6.07, 6.45) is 5.89. The highest BCUT2D eigenvalue weighted by atomic mass is 16.2. The maximum Gasteiger partial charge on any atom is 0.224 e. The second-order valence-corrected chi connectivity index (χ2v) is 4.44. The Bertz CT molecular complexity index is 365. The summed E-state index contributed by atoms with van der Waals surface area (Å²) < 4.78 is 0. The Balaban J connectivity index is 2.29. The predicted molar refractivity (Wildman–Crippen MR) is 77.2 cm³/mol. The summed E-state index contributed by atoms with van der Waals surface area (Å²) in [5, 5.41) is 14.7. The summed E-state index contributed by atoms with van der Waals surface area (Å²) >= 11 is 0. The van der Waals surface area contributed by atoms with Gasteiger partial charge in [-0.05, 0) is 37.8 Å². The zero-order valence-electron chi connectivity index (χ0n) is 11.5. The van der Waals surface area contributed by atoms with Gasteiger partial charge in [0, 0.05) is 19.6 Å². The Labute approximate surface area is 114 Å². The monoisotopic (exact) mass is 265 g/mol. The van der Waals surface area contributed by atoms with Crippen LogP contribution in [0.4, 0.5) is 11.5 Å². The number of hydrogen-bond acceptors (Lipinski definition) is 4. The van der Waals surface area contributed by atoms with E-state index in [1.165, 1.54) is 0 Å². The molecular formula is C14H23N3O2. The summed E-state index contributed by atoms with van der Waals surface area (Å²) in [6.45, 7) is 3.07. The molecule has 0 fully saturated rings. The molecule has 0 aliphatic heterocycles. The van der Waals surface area contributed by atoms with E-state index in [1.54, 1.807) is 6.20 Å². The third kappa shape index (κ3) is 6.76. The molecule has 0 spiro atoms. The van der Waals surface area contributed by atoms with E-state index in [0.717, 1.165) is 43.7 Å². The summed E-state index contributed by atoms with van der Waals surface area (Å²) in [5.74, 6) is 0.825. The van der Waals surface area contributed by atoms with Gasteiger partial charge in [-0.25, -0.2) is 4.98 Å². The molecule has 0 radical (unpaired) electrons. The first-order valence-electron chi connectivity index (χ1n) is 6.87. The number of amides is 1. The molecule has 0 aliphatic carbocycles. The maximum absolute atomic E-state index is 11.4. The van der Waals surface area contributed by atoms with Crippen LogP contribution in [0.5, 0.6) is 0 Å². The fraction of sp³-hybridized carbons (Fsp3) is 0.571.